The van der Waals surface area contributed by atoms with Crippen LogP contribution in [0.25, 0.3) is 0 Å². The molecule has 0 atom stereocenters. The molecule has 0 aliphatic carbocycles. The molecule has 0 saturated carbocycles. The van der Waals surface area contributed by atoms with E-state index in [0.29, 0.717) is 28.5 Å². The number of halogens is 1. The van der Waals surface area contributed by atoms with Gasteiger partial charge in [0.15, 0.2) is 0 Å². The fourth-order valence-electron chi connectivity index (χ4n) is 2.19. The van der Waals surface area contributed by atoms with E-state index >= 15 is 0 Å². The zero-order valence-corrected chi connectivity index (χ0v) is 13.3. The van der Waals surface area contributed by atoms with E-state index in [2.05, 4.69) is 0 Å². The number of hydrogen-bond acceptors (Lipinski definition) is 3. The Morgan fingerprint density at radius 1 is 1.10 bits per heavy atom. The lowest BCUT2D eigenvalue weighted by atomic mass is 10.1. The summed E-state index contributed by atoms with van der Waals surface area (Å²) in [6.07, 6.45) is 0. The van der Waals surface area contributed by atoms with Crippen molar-refractivity contribution < 1.29 is 13.2 Å². The van der Waals surface area contributed by atoms with Gasteiger partial charge >= 0.3 is 0 Å². The third-order valence-corrected chi connectivity index (χ3v) is 4.50. The van der Waals surface area contributed by atoms with E-state index in [-0.39, 0.29) is 4.90 Å². The first kappa shape index (κ1) is 15.8. The number of ether oxygens (including phenoxy) is 1. The number of hydrogen-bond donors (Lipinski definition) is 1. The normalized spacial score (nSPS) is 11.4. The summed E-state index contributed by atoms with van der Waals surface area (Å²) in [5.74, 6) is 0.604. The van der Waals surface area contributed by atoms with Crippen molar-refractivity contribution in [3.05, 3.63) is 58.1 Å². The van der Waals surface area contributed by atoms with Crippen LogP contribution < -0.4 is 9.88 Å². The number of nitrogens with two attached hydrogens (primary N) is 1. The SMILES string of the molecule is Cc1cc(OCc2ccc(Cl)cc2)cc(C)c1S(N)(=O)=O. The maximum Gasteiger partial charge on any atom is 0.238 e. The van der Waals surface area contributed by atoms with Gasteiger partial charge in [0.05, 0.1) is 4.90 Å². The molecule has 6 heteroatoms. The predicted molar refractivity (Wildman–Crippen MR) is 83.1 cm³/mol. The second-order valence-electron chi connectivity index (χ2n) is 4.85. The van der Waals surface area contributed by atoms with Crippen LogP contribution in [0.15, 0.2) is 41.3 Å². The average Bonchev–Trinajstić information content (AvgIpc) is 2.35. The van der Waals surface area contributed by atoms with Gasteiger partial charge in [0.1, 0.15) is 12.4 Å². The van der Waals surface area contributed by atoms with Crippen molar-refractivity contribution in [2.75, 3.05) is 0 Å². The minimum Gasteiger partial charge on any atom is -0.489 e. The Hall–Kier alpha value is -1.56. The lowest BCUT2D eigenvalue weighted by molar-refractivity contribution is 0.305. The van der Waals surface area contributed by atoms with Crippen LogP contribution in [0.3, 0.4) is 0 Å². The van der Waals surface area contributed by atoms with Gasteiger partial charge in [0, 0.05) is 5.02 Å². The van der Waals surface area contributed by atoms with Crippen LogP contribution >= 0.6 is 11.6 Å². The fourth-order valence-corrected chi connectivity index (χ4v) is 3.33. The van der Waals surface area contributed by atoms with E-state index in [1.165, 1.54) is 0 Å². The van der Waals surface area contributed by atoms with Crippen molar-refractivity contribution in [3.8, 4) is 5.75 Å². The Morgan fingerprint density at radius 2 is 1.62 bits per heavy atom. The first-order valence-electron chi connectivity index (χ1n) is 6.28. The molecule has 0 bridgehead atoms. The van der Waals surface area contributed by atoms with Crippen LogP contribution in [0, 0.1) is 13.8 Å². The molecule has 21 heavy (non-hydrogen) atoms. The quantitative estimate of drug-likeness (QED) is 0.938. The van der Waals surface area contributed by atoms with Crippen molar-refractivity contribution in [3.63, 3.8) is 0 Å². The Morgan fingerprint density at radius 3 is 2.10 bits per heavy atom. The Kier molecular flexibility index (Phi) is 4.56. The molecular weight excluding hydrogens is 310 g/mol. The Balaban J connectivity index is 2.21. The van der Waals surface area contributed by atoms with Crippen LogP contribution in [-0.4, -0.2) is 8.42 Å². The summed E-state index contributed by atoms with van der Waals surface area (Å²) in [7, 11) is -3.72. The summed E-state index contributed by atoms with van der Waals surface area (Å²) in [4.78, 5) is 0.154. The van der Waals surface area contributed by atoms with Crippen LogP contribution in [0.4, 0.5) is 0 Å². The third kappa shape index (κ3) is 3.97. The van der Waals surface area contributed by atoms with Crippen molar-refractivity contribution in [1.29, 1.82) is 0 Å². The number of benzene rings is 2. The number of rotatable bonds is 4. The summed E-state index contributed by atoms with van der Waals surface area (Å²) < 4.78 is 28.7. The van der Waals surface area contributed by atoms with Crippen molar-refractivity contribution in [1.82, 2.24) is 0 Å². The molecule has 0 fully saturated rings. The third-order valence-electron chi connectivity index (χ3n) is 3.04. The highest BCUT2D eigenvalue weighted by Crippen LogP contribution is 2.25. The predicted octanol–water partition coefficient (Wildman–Crippen LogP) is 3.18. The molecule has 2 aromatic rings. The number of primary sulfonamides is 1. The molecule has 0 radical (unpaired) electrons. The zero-order valence-electron chi connectivity index (χ0n) is 11.8. The van der Waals surface area contributed by atoms with Gasteiger partial charge in [-0.3, -0.25) is 0 Å². The fraction of sp³-hybridized carbons (Fsp3) is 0.200. The van der Waals surface area contributed by atoms with E-state index in [1.807, 2.05) is 12.1 Å². The van der Waals surface area contributed by atoms with Crippen molar-refractivity contribution in [2.45, 2.75) is 25.3 Å². The van der Waals surface area contributed by atoms with E-state index in [1.54, 1.807) is 38.1 Å². The molecule has 2 N–H and O–H groups in total. The highest BCUT2D eigenvalue weighted by molar-refractivity contribution is 7.89. The standard InChI is InChI=1S/C15H16ClNO3S/c1-10-7-14(8-11(2)15(10)21(17,18)19)20-9-12-3-5-13(16)6-4-12/h3-8H,9H2,1-2H3,(H2,17,18,19). The van der Waals surface area contributed by atoms with Crippen LogP contribution in [-0.2, 0) is 16.6 Å². The molecule has 0 aromatic heterocycles. The average molecular weight is 326 g/mol. The molecule has 0 unspecified atom stereocenters. The molecule has 0 saturated heterocycles. The van der Waals surface area contributed by atoms with Crippen molar-refractivity contribution in [2.24, 2.45) is 5.14 Å². The molecule has 0 amide bonds. The summed E-state index contributed by atoms with van der Waals surface area (Å²) >= 11 is 5.82. The molecule has 0 spiro atoms. The highest BCUT2D eigenvalue weighted by Gasteiger charge is 2.16. The van der Waals surface area contributed by atoms with E-state index in [4.69, 9.17) is 21.5 Å². The minimum absolute atomic E-state index is 0.154. The first-order chi connectivity index (χ1) is 9.77. The first-order valence-corrected chi connectivity index (χ1v) is 8.21. The molecule has 0 heterocycles. The minimum atomic E-state index is -3.72. The van der Waals surface area contributed by atoms with Crippen LogP contribution in [0.1, 0.15) is 16.7 Å². The van der Waals surface area contributed by atoms with Gasteiger partial charge in [-0.15, -0.1) is 0 Å². The molecule has 2 rings (SSSR count). The van der Waals surface area contributed by atoms with Crippen LogP contribution in [0.5, 0.6) is 5.75 Å². The van der Waals surface area contributed by atoms with E-state index in [0.717, 1.165) is 5.56 Å². The lowest BCUT2D eigenvalue weighted by Crippen LogP contribution is -2.15. The van der Waals surface area contributed by atoms with Gasteiger partial charge in [-0.2, -0.15) is 0 Å². The van der Waals surface area contributed by atoms with Gasteiger partial charge in [-0.25, -0.2) is 13.6 Å². The summed E-state index contributed by atoms with van der Waals surface area (Å²) in [6.45, 7) is 3.77. The van der Waals surface area contributed by atoms with Gasteiger partial charge < -0.3 is 4.74 Å². The number of sulfonamides is 1. The summed E-state index contributed by atoms with van der Waals surface area (Å²) in [5, 5.41) is 5.88. The zero-order chi connectivity index (χ0) is 15.6. The maximum atomic E-state index is 11.5. The smallest absolute Gasteiger partial charge is 0.238 e. The largest absolute Gasteiger partial charge is 0.489 e. The Bertz CT molecular complexity index is 732. The van der Waals surface area contributed by atoms with Gasteiger partial charge in [-0.05, 0) is 54.8 Å². The van der Waals surface area contributed by atoms with Gasteiger partial charge in [0.2, 0.25) is 10.0 Å². The number of aryl methyl sites for hydroxylation is 2. The monoisotopic (exact) mass is 325 g/mol. The van der Waals surface area contributed by atoms with Crippen molar-refractivity contribution >= 4 is 21.6 Å². The molecule has 0 aliphatic rings. The van der Waals surface area contributed by atoms with E-state index in [9.17, 15) is 8.42 Å². The van der Waals surface area contributed by atoms with Gasteiger partial charge in [0.25, 0.3) is 0 Å². The molecule has 112 valence electrons. The molecule has 0 aliphatic heterocycles. The lowest BCUT2D eigenvalue weighted by Gasteiger charge is -2.12. The molecular formula is C15H16ClNO3S. The van der Waals surface area contributed by atoms with E-state index < -0.39 is 10.0 Å². The second kappa shape index (κ2) is 6.05. The topological polar surface area (TPSA) is 69.4 Å². The Labute approximate surface area is 129 Å². The molecule has 2 aromatic carbocycles. The molecule has 4 nitrogen and oxygen atoms in total. The second-order valence-corrected chi connectivity index (χ2v) is 6.78. The summed E-state index contributed by atoms with van der Waals surface area (Å²) in [5.41, 5.74) is 2.12. The van der Waals surface area contributed by atoms with Gasteiger partial charge in [-0.1, -0.05) is 23.7 Å². The highest BCUT2D eigenvalue weighted by atomic mass is 35.5. The maximum absolute atomic E-state index is 11.5. The van der Waals surface area contributed by atoms with Crippen LogP contribution in [0.2, 0.25) is 5.02 Å². The summed E-state index contributed by atoms with van der Waals surface area (Å²) in [6, 6.07) is 10.7.